The molecule has 0 unspecified atom stereocenters. The van der Waals surface area contributed by atoms with Gasteiger partial charge in [0, 0.05) is 38.6 Å². The van der Waals surface area contributed by atoms with Crippen molar-refractivity contribution < 1.29 is 0 Å². The van der Waals surface area contributed by atoms with Crippen LogP contribution in [0.3, 0.4) is 0 Å². The van der Waals surface area contributed by atoms with Gasteiger partial charge in [-0.25, -0.2) is 19.9 Å². The van der Waals surface area contributed by atoms with Crippen LogP contribution in [0.25, 0.3) is 10.2 Å². The largest absolute Gasteiger partial charge is 0.352 e. The first-order valence-electron chi connectivity index (χ1n) is 7.28. The average Bonchev–Trinajstić information content (AvgIpc) is 2.97. The van der Waals surface area contributed by atoms with Gasteiger partial charge in [-0.1, -0.05) is 0 Å². The van der Waals surface area contributed by atoms with Crippen LogP contribution in [0.1, 0.15) is 5.56 Å². The van der Waals surface area contributed by atoms with Gasteiger partial charge in [0.2, 0.25) is 5.95 Å². The van der Waals surface area contributed by atoms with Crippen molar-refractivity contribution in [2.45, 2.75) is 6.92 Å². The molecular weight excluding hydrogens is 296 g/mol. The van der Waals surface area contributed by atoms with Crippen molar-refractivity contribution in [2.24, 2.45) is 0 Å². The predicted octanol–water partition coefficient (Wildman–Crippen LogP) is 2.12. The Balaban J connectivity index is 1.57. The smallest absolute Gasteiger partial charge is 0.225 e. The quantitative estimate of drug-likeness (QED) is 0.722. The second kappa shape index (κ2) is 5.49. The van der Waals surface area contributed by atoms with E-state index < -0.39 is 0 Å². The zero-order valence-corrected chi connectivity index (χ0v) is 13.1. The number of hydrogen-bond donors (Lipinski definition) is 0. The SMILES string of the molecule is Cc1csc2ncnc(N3CCN(c4ncccn4)CC3)c12. The van der Waals surface area contributed by atoms with Crippen LogP contribution in [0.5, 0.6) is 0 Å². The maximum atomic E-state index is 4.53. The number of hydrogen-bond acceptors (Lipinski definition) is 7. The Morgan fingerprint density at radius 3 is 2.45 bits per heavy atom. The van der Waals surface area contributed by atoms with Gasteiger partial charge in [-0.15, -0.1) is 11.3 Å². The maximum Gasteiger partial charge on any atom is 0.225 e. The molecule has 0 saturated carbocycles. The van der Waals surface area contributed by atoms with Crippen LogP contribution in [0, 0.1) is 6.92 Å². The molecule has 3 aromatic rings. The third kappa shape index (κ3) is 2.27. The molecule has 7 heteroatoms. The highest BCUT2D eigenvalue weighted by Crippen LogP contribution is 2.31. The Morgan fingerprint density at radius 2 is 1.68 bits per heavy atom. The number of rotatable bonds is 2. The van der Waals surface area contributed by atoms with Gasteiger partial charge in [-0.2, -0.15) is 0 Å². The fourth-order valence-electron chi connectivity index (χ4n) is 2.81. The van der Waals surface area contributed by atoms with E-state index in [-0.39, 0.29) is 0 Å². The first kappa shape index (κ1) is 13.4. The van der Waals surface area contributed by atoms with Crippen LogP contribution in [-0.2, 0) is 0 Å². The van der Waals surface area contributed by atoms with Crippen LogP contribution < -0.4 is 9.80 Å². The van der Waals surface area contributed by atoms with E-state index in [9.17, 15) is 0 Å². The van der Waals surface area contributed by atoms with E-state index in [0.717, 1.165) is 42.8 Å². The van der Waals surface area contributed by atoms with Crippen molar-refractivity contribution in [2.75, 3.05) is 36.0 Å². The highest BCUT2D eigenvalue weighted by atomic mass is 32.1. The number of anilines is 2. The Kier molecular flexibility index (Phi) is 3.34. The molecule has 112 valence electrons. The monoisotopic (exact) mass is 312 g/mol. The van der Waals surface area contributed by atoms with Gasteiger partial charge in [0.05, 0.1) is 5.39 Å². The Morgan fingerprint density at radius 1 is 0.955 bits per heavy atom. The minimum atomic E-state index is 0.807. The van der Waals surface area contributed by atoms with Crippen LogP contribution in [0.15, 0.2) is 30.2 Å². The third-order valence-electron chi connectivity index (χ3n) is 3.95. The first-order valence-corrected chi connectivity index (χ1v) is 8.16. The number of aryl methyl sites for hydroxylation is 1. The molecule has 0 atom stereocenters. The molecule has 0 bridgehead atoms. The fraction of sp³-hybridized carbons (Fsp3) is 0.333. The van der Waals surface area contributed by atoms with Gasteiger partial charge < -0.3 is 9.80 Å². The van der Waals surface area contributed by atoms with Crippen molar-refractivity contribution in [1.82, 2.24) is 19.9 Å². The molecule has 1 fully saturated rings. The van der Waals surface area contributed by atoms with E-state index in [1.165, 1.54) is 10.9 Å². The summed E-state index contributed by atoms with van der Waals surface area (Å²) < 4.78 is 0. The molecule has 0 spiro atoms. The molecule has 1 aliphatic heterocycles. The molecule has 6 nitrogen and oxygen atoms in total. The lowest BCUT2D eigenvalue weighted by Gasteiger charge is -2.35. The molecule has 0 N–H and O–H groups in total. The summed E-state index contributed by atoms with van der Waals surface area (Å²) in [5.74, 6) is 1.86. The lowest BCUT2D eigenvalue weighted by molar-refractivity contribution is 0.636. The first-order chi connectivity index (χ1) is 10.8. The van der Waals surface area contributed by atoms with Crippen molar-refractivity contribution in [3.63, 3.8) is 0 Å². The normalized spacial score (nSPS) is 15.5. The van der Waals surface area contributed by atoms with Gasteiger partial charge in [0.15, 0.2) is 0 Å². The summed E-state index contributed by atoms with van der Waals surface area (Å²) >= 11 is 1.68. The molecule has 4 rings (SSSR count). The average molecular weight is 312 g/mol. The molecule has 3 aromatic heterocycles. The third-order valence-corrected chi connectivity index (χ3v) is 4.95. The molecule has 0 aromatic carbocycles. The molecule has 1 saturated heterocycles. The Bertz CT molecular complexity index is 779. The number of piperazine rings is 1. The van der Waals surface area contributed by atoms with E-state index in [1.807, 2.05) is 6.07 Å². The number of thiophene rings is 1. The molecule has 22 heavy (non-hydrogen) atoms. The Labute approximate surface area is 132 Å². The molecule has 0 amide bonds. The molecule has 0 aliphatic carbocycles. The minimum Gasteiger partial charge on any atom is -0.352 e. The summed E-state index contributed by atoms with van der Waals surface area (Å²) in [7, 11) is 0. The summed E-state index contributed by atoms with van der Waals surface area (Å²) in [4.78, 5) is 23.2. The standard InChI is InChI=1S/C15H16N6S/c1-11-9-22-14-12(11)13(18-10-19-14)20-5-7-21(8-6-20)15-16-3-2-4-17-15/h2-4,9-10H,5-8H2,1H3. The second-order valence-corrected chi connectivity index (χ2v) is 6.18. The summed E-state index contributed by atoms with van der Waals surface area (Å²) in [6.07, 6.45) is 5.25. The second-order valence-electron chi connectivity index (χ2n) is 5.32. The van der Waals surface area contributed by atoms with Crippen LogP contribution in [0.4, 0.5) is 11.8 Å². The van der Waals surface area contributed by atoms with Crippen LogP contribution >= 0.6 is 11.3 Å². The van der Waals surface area contributed by atoms with Crippen LogP contribution in [0.2, 0.25) is 0 Å². The van der Waals surface area contributed by atoms with E-state index in [4.69, 9.17) is 0 Å². The number of fused-ring (bicyclic) bond motifs is 1. The van der Waals surface area contributed by atoms with Gasteiger partial charge in [-0.05, 0) is 23.9 Å². The van der Waals surface area contributed by atoms with Crippen LogP contribution in [-0.4, -0.2) is 46.1 Å². The van der Waals surface area contributed by atoms with Crippen molar-refractivity contribution in [3.8, 4) is 0 Å². The van der Waals surface area contributed by atoms with E-state index >= 15 is 0 Å². The zero-order chi connectivity index (χ0) is 14.9. The topological polar surface area (TPSA) is 58.0 Å². The van der Waals surface area contributed by atoms with E-state index in [2.05, 4.69) is 42.0 Å². The van der Waals surface area contributed by atoms with Gasteiger partial charge >= 0.3 is 0 Å². The van der Waals surface area contributed by atoms with Gasteiger partial charge in [-0.3, -0.25) is 0 Å². The Hall–Kier alpha value is -2.28. The summed E-state index contributed by atoms with van der Waals surface area (Å²) in [6, 6.07) is 1.84. The van der Waals surface area contributed by atoms with E-state index in [1.54, 1.807) is 30.1 Å². The molecule has 1 aliphatic rings. The maximum absolute atomic E-state index is 4.53. The van der Waals surface area contributed by atoms with E-state index in [0.29, 0.717) is 0 Å². The molecule has 4 heterocycles. The summed E-state index contributed by atoms with van der Waals surface area (Å²) in [5, 5.41) is 3.34. The molecule has 0 radical (unpaired) electrons. The summed E-state index contributed by atoms with van der Waals surface area (Å²) in [6.45, 7) is 5.76. The van der Waals surface area contributed by atoms with Gasteiger partial charge in [0.25, 0.3) is 0 Å². The predicted molar refractivity (Wildman–Crippen MR) is 88.6 cm³/mol. The highest BCUT2D eigenvalue weighted by Gasteiger charge is 2.22. The zero-order valence-electron chi connectivity index (χ0n) is 12.3. The molecular formula is C15H16N6S. The lowest BCUT2D eigenvalue weighted by atomic mass is 10.2. The highest BCUT2D eigenvalue weighted by molar-refractivity contribution is 7.17. The fourth-order valence-corrected chi connectivity index (χ4v) is 3.70. The number of aromatic nitrogens is 4. The summed E-state index contributed by atoms with van der Waals surface area (Å²) in [5.41, 5.74) is 1.25. The minimum absolute atomic E-state index is 0.807. The van der Waals surface area contributed by atoms with Crippen molar-refractivity contribution in [1.29, 1.82) is 0 Å². The number of nitrogens with zero attached hydrogens (tertiary/aromatic N) is 6. The van der Waals surface area contributed by atoms with Gasteiger partial charge in [0.1, 0.15) is 17.0 Å². The van der Waals surface area contributed by atoms with Crippen molar-refractivity contribution >= 4 is 33.3 Å². The lowest BCUT2D eigenvalue weighted by Crippen LogP contribution is -2.47. The van der Waals surface area contributed by atoms with Crippen molar-refractivity contribution in [3.05, 3.63) is 35.7 Å².